The summed E-state index contributed by atoms with van der Waals surface area (Å²) in [4.78, 5) is 30.8. The lowest BCUT2D eigenvalue weighted by Gasteiger charge is -2.11. The number of hydrogen-bond acceptors (Lipinski definition) is 4. The number of carbonyl (C=O) groups is 2. The van der Waals surface area contributed by atoms with Crippen molar-refractivity contribution in [1.29, 1.82) is 0 Å². The van der Waals surface area contributed by atoms with Crippen molar-refractivity contribution in [3.05, 3.63) is 35.5 Å². The number of aliphatic carboxylic acids is 1. The maximum absolute atomic E-state index is 12.2. The molecule has 0 spiro atoms. The molecule has 0 fully saturated rings. The third-order valence-corrected chi connectivity index (χ3v) is 3.65. The summed E-state index contributed by atoms with van der Waals surface area (Å²) < 4.78 is 0. The molecule has 7 heteroatoms. The van der Waals surface area contributed by atoms with Crippen molar-refractivity contribution >= 4 is 41.6 Å². The zero-order valence-corrected chi connectivity index (χ0v) is 14.7. The minimum atomic E-state index is -1.11. The lowest BCUT2D eigenvalue weighted by molar-refractivity contribution is -0.138. The third-order valence-electron chi connectivity index (χ3n) is 3.28. The lowest BCUT2D eigenvalue weighted by atomic mass is 10.1. The number of carboxylic acid groups (broad SMARTS) is 1. The first-order chi connectivity index (χ1) is 11.2. The van der Waals surface area contributed by atoms with Crippen LogP contribution in [0, 0.1) is 0 Å². The number of nitrogens with one attached hydrogen (secondary N) is 2. The lowest BCUT2D eigenvalue weighted by Crippen LogP contribution is -2.42. The molecule has 1 aromatic heterocycles. The predicted molar refractivity (Wildman–Crippen MR) is 98.4 cm³/mol. The summed E-state index contributed by atoms with van der Waals surface area (Å²) in [6.07, 6.45) is 1.76. The smallest absolute Gasteiger partial charge is 0.327 e. The third kappa shape index (κ3) is 4.61. The van der Waals surface area contributed by atoms with Gasteiger partial charge in [-0.25, -0.2) is 4.79 Å². The van der Waals surface area contributed by atoms with Gasteiger partial charge in [-0.05, 0) is 45.0 Å². The minimum Gasteiger partial charge on any atom is -0.480 e. The van der Waals surface area contributed by atoms with Crippen molar-refractivity contribution in [3.8, 4) is 0 Å². The number of benzene rings is 1. The largest absolute Gasteiger partial charge is 0.480 e. The van der Waals surface area contributed by atoms with Crippen LogP contribution in [0.5, 0.6) is 0 Å². The molecule has 1 aromatic carbocycles. The van der Waals surface area contributed by atoms with Gasteiger partial charge in [0.1, 0.15) is 6.04 Å². The maximum atomic E-state index is 12.2. The summed E-state index contributed by atoms with van der Waals surface area (Å²) >= 11 is 3.94. The monoisotopic (exact) mass is 347 g/mol. The molecule has 24 heavy (non-hydrogen) atoms. The Balaban J connectivity index is 2.23. The molecular formula is C17H21N3O3S. The van der Waals surface area contributed by atoms with E-state index in [1.807, 2.05) is 26.8 Å². The van der Waals surface area contributed by atoms with Crippen LogP contribution in [-0.2, 0) is 4.79 Å². The first-order valence-electron chi connectivity index (χ1n) is 7.52. The van der Waals surface area contributed by atoms with Gasteiger partial charge in [0.05, 0.1) is 11.2 Å². The highest BCUT2D eigenvalue weighted by Gasteiger charge is 2.19. The van der Waals surface area contributed by atoms with Gasteiger partial charge in [0.25, 0.3) is 5.91 Å². The Bertz CT molecular complexity index is 790. The Morgan fingerprint density at radius 1 is 1.38 bits per heavy atom. The van der Waals surface area contributed by atoms with E-state index in [-0.39, 0.29) is 11.3 Å². The topological polar surface area (TPSA) is 94.6 Å². The number of aliphatic imine (C=N–C) groups is 1. The summed E-state index contributed by atoms with van der Waals surface area (Å²) in [7, 11) is 0. The second-order valence-electron chi connectivity index (χ2n) is 6.50. The molecule has 0 aliphatic rings. The number of carbonyl (C=O) groups excluding carboxylic acids is 1. The summed E-state index contributed by atoms with van der Waals surface area (Å²) in [6.45, 7) is 6.03. The molecule has 0 saturated heterocycles. The summed E-state index contributed by atoms with van der Waals surface area (Å²) in [5, 5.41) is 12.3. The van der Waals surface area contributed by atoms with Crippen LogP contribution in [-0.4, -0.2) is 45.5 Å². The van der Waals surface area contributed by atoms with Gasteiger partial charge in [-0.3, -0.25) is 9.79 Å². The van der Waals surface area contributed by atoms with E-state index >= 15 is 0 Å². The van der Waals surface area contributed by atoms with Crippen molar-refractivity contribution in [2.45, 2.75) is 32.4 Å². The number of amides is 1. The average Bonchev–Trinajstić information content (AvgIpc) is 2.91. The molecule has 1 unspecified atom stereocenters. The highest BCUT2D eigenvalue weighted by Crippen LogP contribution is 2.17. The van der Waals surface area contributed by atoms with E-state index in [0.29, 0.717) is 5.56 Å². The van der Waals surface area contributed by atoms with Crippen LogP contribution in [0.15, 0.2) is 29.3 Å². The molecule has 0 radical (unpaired) electrons. The maximum Gasteiger partial charge on any atom is 0.327 e. The van der Waals surface area contributed by atoms with Gasteiger partial charge >= 0.3 is 5.97 Å². The van der Waals surface area contributed by atoms with Gasteiger partial charge in [0.15, 0.2) is 0 Å². The van der Waals surface area contributed by atoms with Crippen LogP contribution in [0.2, 0.25) is 0 Å². The van der Waals surface area contributed by atoms with E-state index < -0.39 is 17.9 Å². The fraction of sp³-hybridized carbons (Fsp3) is 0.353. The summed E-state index contributed by atoms with van der Waals surface area (Å²) in [5.74, 6) is -1.52. The van der Waals surface area contributed by atoms with Gasteiger partial charge in [-0.15, -0.1) is 0 Å². The van der Waals surface area contributed by atoms with Crippen LogP contribution in [0.25, 0.3) is 10.9 Å². The molecule has 128 valence electrons. The van der Waals surface area contributed by atoms with E-state index in [0.717, 1.165) is 16.6 Å². The SMILES string of the molecule is CC(C)(C)/N=C\c1cc2cc(C(=O)NC(CS)C(=O)O)ccc2[nH]1. The standard InChI is InChI=1S/C17H21N3O3S/c1-17(2,3)18-8-12-7-11-6-10(4-5-13(11)19-12)15(21)20-14(9-24)16(22)23/h4-8,14,19,24H,9H2,1-3H3,(H,20,21)(H,22,23)/b18-8-. The van der Waals surface area contributed by atoms with Gasteiger partial charge in [0, 0.05) is 28.4 Å². The number of thiol groups is 1. The van der Waals surface area contributed by atoms with Gasteiger partial charge in [-0.2, -0.15) is 12.6 Å². The number of aromatic amines is 1. The van der Waals surface area contributed by atoms with E-state index in [4.69, 9.17) is 5.11 Å². The van der Waals surface area contributed by atoms with E-state index in [1.165, 1.54) is 0 Å². The van der Waals surface area contributed by atoms with Crippen LogP contribution >= 0.6 is 12.6 Å². The van der Waals surface area contributed by atoms with Crippen LogP contribution in [0.4, 0.5) is 0 Å². The molecule has 0 saturated carbocycles. The number of hydrogen-bond donors (Lipinski definition) is 4. The fourth-order valence-corrected chi connectivity index (χ4v) is 2.30. The molecule has 6 nitrogen and oxygen atoms in total. The van der Waals surface area contributed by atoms with Crippen LogP contribution < -0.4 is 5.32 Å². The molecule has 0 aliphatic carbocycles. The Morgan fingerprint density at radius 2 is 2.08 bits per heavy atom. The van der Waals surface area contributed by atoms with Crippen LogP contribution in [0.1, 0.15) is 36.8 Å². The van der Waals surface area contributed by atoms with Crippen molar-refractivity contribution in [2.24, 2.45) is 4.99 Å². The van der Waals surface area contributed by atoms with E-state index in [1.54, 1.807) is 24.4 Å². The second kappa shape index (κ2) is 7.09. The molecule has 1 atom stereocenters. The minimum absolute atomic E-state index is 0.0287. The van der Waals surface area contributed by atoms with Crippen molar-refractivity contribution in [2.75, 3.05) is 5.75 Å². The van der Waals surface area contributed by atoms with E-state index in [9.17, 15) is 9.59 Å². The summed E-state index contributed by atoms with van der Waals surface area (Å²) in [5.41, 5.74) is 1.96. The number of H-pyrrole nitrogens is 1. The van der Waals surface area contributed by atoms with Crippen molar-refractivity contribution < 1.29 is 14.7 Å². The molecule has 0 aliphatic heterocycles. The number of fused-ring (bicyclic) bond motifs is 1. The predicted octanol–water partition coefficient (Wildman–Crippen LogP) is 2.50. The van der Waals surface area contributed by atoms with E-state index in [2.05, 4.69) is 27.9 Å². The molecule has 0 bridgehead atoms. The van der Waals surface area contributed by atoms with Crippen molar-refractivity contribution in [1.82, 2.24) is 10.3 Å². The zero-order chi connectivity index (χ0) is 17.9. The first-order valence-corrected chi connectivity index (χ1v) is 8.15. The molecule has 3 N–H and O–H groups in total. The zero-order valence-electron chi connectivity index (χ0n) is 13.8. The Hall–Kier alpha value is -2.28. The second-order valence-corrected chi connectivity index (χ2v) is 6.87. The van der Waals surface area contributed by atoms with Gasteiger partial charge in [-0.1, -0.05) is 0 Å². The normalized spacial score (nSPS) is 13.3. The quantitative estimate of drug-likeness (QED) is 0.494. The molecular weight excluding hydrogens is 326 g/mol. The molecule has 2 aromatic rings. The number of nitrogens with zero attached hydrogens (tertiary/aromatic N) is 1. The highest BCUT2D eigenvalue weighted by molar-refractivity contribution is 7.80. The molecule has 1 amide bonds. The van der Waals surface area contributed by atoms with Gasteiger partial charge in [0.2, 0.25) is 0 Å². The summed E-state index contributed by atoms with van der Waals surface area (Å²) in [6, 6.07) is 6.03. The van der Waals surface area contributed by atoms with Crippen LogP contribution in [0.3, 0.4) is 0 Å². The molecule has 1 heterocycles. The Morgan fingerprint density at radius 3 is 2.67 bits per heavy atom. The number of carboxylic acids is 1. The average molecular weight is 347 g/mol. The number of aromatic nitrogens is 1. The number of rotatable bonds is 5. The van der Waals surface area contributed by atoms with Crippen molar-refractivity contribution in [3.63, 3.8) is 0 Å². The Kier molecular flexibility index (Phi) is 5.33. The first kappa shape index (κ1) is 18.1. The highest BCUT2D eigenvalue weighted by atomic mass is 32.1. The fourth-order valence-electron chi connectivity index (χ4n) is 2.06. The Labute approximate surface area is 145 Å². The molecule has 2 rings (SSSR count). The van der Waals surface area contributed by atoms with Gasteiger partial charge < -0.3 is 15.4 Å².